The molecule has 0 unspecified atom stereocenters. The van der Waals surface area contributed by atoms with Gasteiger partial charge in [0, 0.05) is 24.1 Å². The standard InChI is InChI=1S/C24H23F3N6O3S/c1-3-36-19-8-7-15(12-29-19)18-11-16(9-14-5-4-6-17(10-14)37(2,34)35)20-21(31-18)22(33-23(28)32-20)30-13-24(25,26)27/h4-8,10-12H,3,9,13H2,1-2H3,(H3,28,30,32,33). The topological polar surface area (TPSA) is 133 Å². The monoisotopic (exact) mass is 532 g/mol. The van der Waals surface area contributed by atoms with Gasteiger partial charge in [-0.3, -0.25) is 0 Å². The van der Waals surface area contributed by atoms with Gasteiger partial charge in [0.2, 0.25) is 11.8 Å². The van der Waals surface area contributed by atoms with E-state index in [0.717, 1.165) is 6.26 Å². The van der Waals surface area contributed by atoms with E-state index in [1.54, 1.807) is 30.3 Å². The highest BCUT2D eigenvalue weighted by Gasteiger charge is 2.28. The molecule has 194 valence electrons. The molecule has 0 radical (unpaired) electrons. The predicted molar refractivity (Wildman–Crippen MR) is 133 cm³/mol. The van der Waals surface area contributed by atoms with Gasteiger partial charge in [0.15, 0.2) is 15.7 Å². The van der Waals surface area contributed by atoms with E-state index in [-0.39, 0.29) is 34.1 Å². The van der Waals surface area contributed by atoms with Gasteiger partial charge in [-0.25, -0.2) is 23.4 Å². The molecule has 37 heavy (non-hydrogen) atoms. The smallest absolute Gasteiger partial charge is 0.405 e. The molecule has 0 fully saturated rings. The normalized spacial score (nSPS) is 12.0. The number of alkyl halides is 3. The minimum Gasteiger partial charge on any atom is -0.478 e. The summed E-state index contributed by atoms with van der Waals surface area (Å²) in [6, 6.07) is 11.5. The Morgan fingerprint density at radius 2 is 1.84 bits per heavy atom. The van der Waals surface area contributed by atoms with Gasteiger partial charge in [0.05, 0.1) is 17.2 Å². The number of sulfone groups is 1. The summed E-state index contributed by atoms with van der Waals surface area (Å²) in [5.74, 6) is 0.000736. The van der Waals surface area contributed by atoms with Crippen LogP contribution in [0.5, 0.6) is 5.88 Å². The lowest BCUT2D eigenvalue weighted by Gasteiger charge is -2.15. The van der Waals surface area contributed by atoms with Crippen LogP contribution in [0.3, 0.4) is 0 Å². The molecule has 0 aliphatic rings. The number of aromatic nitrogens is 4. The zero-order valence-corrected chi connectivity index (χ0v) is 20.7. The molecule has 4 aromatic rings. The van der Waals surface area contributed by atoms with Crippen molar-refractivity contribution in [3.8, 4) is 17.1 Å². The van der Waals surface area contributed by atoms with E-state index in [1.165, 1.54) is 18.3 Å². The van der Waals surface area contributed by atoms with Gasteiger partial charge < -0.3 is 15.8 Å². The molecule has 3 heterocycles. The number of nitrogen functional groups attached to an aromatic ring is 1. The van der Waals surface area contributed by atoms with E-state index in [2.05, 4.69) is 25.3 Å². The Bertz CT molecular complexity index is 1540. The van der Waals surface area contributed by atoms with Gasteiger partial charge in [-0.1, -0.05) is 12.1 Å². The lowest BCUT2D eigenvalue weighted by Crippen LogP contribution is -2.22. The molecule has 3 aromatic heterocycles. The number of hydrogen-bond donors (Lipinski definition) is 2. The average Bonchev–Trinajstić information content (AvgIpc) is 2.83. The van der Waals surface area contributed by atoms with Crippen molar-refractivity contribution in [1.82, 2.24) is 19.9 Å². The highest BCUT2D eigenvalue weighted by atomic mass is 32.2. The van der Waals surface area contributed by atoms with E-state index < -0.39 is 22.6 Å². The maximum absolute atomic E-state index is 13.0. The number of rotatable bonds is 8. The molecular formula is C24H23F3N6O3S. The third kappa shape index (κ3) is 6.42. The first-order valence-corrected chi connectivity index (χ1v) is 13.0. The van der Waals surface area contributed by atoms with E-state index in [9.17, 15) is 21.6 Å². The summed E-state index contributed by atoms with van der Waals surface area (Å²) in [5.41, 5.74) is 8.34. The van der Waals surface area contributed by atoms with Crippen molar-refractivity contribution in [2.75, 3.05) is 30.5 Å². The van der Waals surface area contributed by atoms with Gasteiger partial charge in [0.25, 0.3) is 0 Å². The van der Waals surface area contributed by atoms with Gasteiger partial charge in [0.1, 0.15) is 17.6 Å². The van der Waals surface area contributed by atoms with Crippen LogP contribution < -0.4 is 15.8 Å². The molecule has 9 nitrogen and oxygen atoms in total. The second-order valence-electron chi connectivity index (χ2n) is 8.18. The summed E-state index contributed by atoms with van der Waals surface area (Å²) in [4.78, 5) is 17.1. The molecule has 0 saturated carbocycles. The highest BCUT2D eigenvalue weighted by Crippen LogP contribution is 2.30. The minimum atomic E-state index is -4.50. The number of benzene rings is 1. The fourth-order valence-electron chi connectivity index (χ4n) is 3.65. The second kappa shape index (κ2) is 10.2. The Balaban J connectivity index is 1.88. The zero-order valence-electron chi connectivity index (χ0n) is 19.9. The summed E-state index contributed by atoms with van der Waals surface area (Å²) in [5, 5.41) is 2.26. The molecular weight excluding hydrogens is 509 g/mol. The summed E-state index contributed by atoms with van der Waals surface area (Å²) >= 11 is 0. The van der Waals surface area contributed by atoms with Crippen molar-refractivity contribution in [2.24, 2.45) is 0 Å². The van der Waals surface area contributed by atoms with Crippen molar-refractivity contribution in [1.29, 1.82) is 0 Å². The molecule has 3 N–H and O–H groups in total. The summed E-state index contributed by atoms with van der Waals surface area (Å²) in [6.45, 7) is 0.914. The Morgan fingerprint density at radius 3 is 2.49 bits per heavy atom. The third-order valence-electron chi connectivity index (χ3n) is 5.25. The molecule has 1 aromatic carbocycles. The maximum atomic E-state index is 13.0. The molecule has 4 rings (SSSR count). The first-order valence-electron chi connectivity index (χ1n) is 11.1. The number of nitrogens with two attached hydrogens (primary N) is 1. The molecule has 0 aliphatic heterocycles. The Morgan fingerprint density at radius 1 is 1.05 bits per heavy atom. The van der Waals surface area contributed by atoms with E-state index >= 15 is 0 Å². The number of fused-ring (bicyclic) bond motifs is 1. The number of nitrogens with one attached hydrogen (secondary N) is 1. The largest absolute Gasteiger partial charge is 0.478 e. The Labute approximate surface area is 210 Å². The fraction of sp³-hybridized carbons (Fsp3) is 0.250. The first-order chi connectivity index (χ1) is 17.4. The lowest BCUT2D eigenvalue weighted by molar-refractivity contribution is -0.115. The number of ether oxygens (including phenoxy) is 1. The van der Waals surface area contributed by atoms with Gasteiger partial charge in [-0.05, 0) is 48.7 Å². The predicted octanol–water partition coefficient (Wildman–Crippen LogP) is 4.04. The quantitative estimate of drug-likeness (QED) is 0.345. The van der Waals surface area contributed by atoms with Crippen LogP contribution >= 0.6 is 0 Å². The maximum Gasteiger partial charge on any atom is 0.405 e. The first kappa shape index (κ1) is 26.1. The van der Waals surface area contributed by atoms with Crippen LogP contribution in [-0.2, 0) is 16.3 Å². The van der Waals surface area contributed by atoms with Crippen LogP contribution in [0.15, 0.2) is 53.6 Å². The van der Waals surface area contributed by atoms with Crippen molar-refractivity contribution in [3.05, 3.63) is 59.8 Å². The van der Waals surface area contributed by atoms with Crippen molar-refractivity contribution in [2.45, 2.75) is 24.4 Å². The lowest BCUT2D eigenvalue weighted by atomic mass is 10.0. The van der Waals surface area contributed by atoms with Gasteiger partial charge in [-0.15, -0.1) is 0 Å². The number of hydrogen-bond acceptors (Lipinski definition) is 9. The highest BCUT2D eigenvalue weighted by molar-refractivity contribution is 7.90. The third-order valence-corrected chi connectivity index (χ3v) is 6.36. The summed E-state index contributed by atoms with van der Waals surface area (Å²) < 4.78 is 68.3. The molecule has 0 saturated heterocycles. The minimum absolute atomic E-state index is 0.0825. The molecule has 0 spiro atoms. The average molecular weight is 533 g/mol. The summed E-state index contributed by atoms with van der Waals surface area (Å²) in [7, 11) is -3.45. The number of nitrogens with zero attached hydrogens (tertiary/aromatic N) is 4. The van der Waals surface area contributed by atoms with Gasteiger partial charge >= 0.3 is 6.18 Å². The summed E-state index contributed by atoms with van der Waals surface area (Å²) in [6.07, 6.45) is -1.65. The van der Waals surface area contributed by atoms with Crippen LogP contribution in [0.2, 0.25) is 0 Å². The number of halogens is 3. The molecule has 0 amide bonds. The Hall–Kier alpha value is -4.00. The van der Waals surface area contributed by atoms with Crippen LogP contribution in [-0.4, -0.2) is 53.9 Å². The fourth-order valence-corrected chi connectivity index (χ4v) is 4.34. The van der Waals surface area contributed by atoms with E-state index in [1.807, 2.05) is 6.92 Å². The number of anilines is 2. The zero-order chi connectivity index (χ0) is 26.8. The van der Waals surface area contributed by atoms with Crippen LogP contribution in [0.25, 0.3) is 22.3 Å². The van der Waals surface area contributed by atoms with Crippen molar-refractivity contribution in [3.63, 3.8) is 0 Å². The van der Waals surface area contributed by atoms with Crippen LogP contribution in [0.1, 0.15) is 18.1 Å². The van der Waals surface area contributed by atoms with Crippen LogP contribution in [0, 0.1) is 0 Å². The second-order valence-corrected chi connectivity index (χ2v) is 10.2. The van der Waals surface area contributed by atoms with Gasteiger partial charge in [-0.2, -0.15) is 18.2 Å². The molecule has 0 bridgehead atoms. The van der Waals surface area contributed by atoms with Crippen molar-refractivity contribution >= 4 is 32.6 Å². The number of pyridine rings is 2. The molecule has 0 atom stereocenters. The van der Waals surface area contributed by atoms with Crippen molar-refractivity contribution < 1.29 is 26.3 Å². The molecule has 13 heteroatoms. The molecule has 0 aliphatic carbocycles. The van der Waals surface area contributed by atoms with Crippen LogP contribution in [0.4, 0.5) is 24.9 Å². The van der Waals surface area contributed by atoms with E-state index in [0.29, 0.717) is 34.9 Å². The van der Waals surface area contributed by atoms with E-state index in [4.69, 9.17) is 10.5 Å². The SMILES string of the molecule is CCOc1ccc(-c2cc(Cc3cccc(S(C)(=O)=O)c3)c3nc(N)nc(NCC(F)(F)F)c3n2)cn1. The Kier molecular flexibility index (Phi) is 7.16.